The molecule has 0 saturated carbocycles. The third kappa shape index (κ3) is 4.09. The molecule has 0 saturated heterocycles. The average Bonchev–Trinajstić information content (AvgIpc) is 2.34. The van der Waals surface area contributed by atoms with Crippen molar-refractivity contribution in [3.63, 3.8) is 0 Å². The van der Waals surface area contributed by atoms with Crippen LogP contribution in [0.15, 0.2) is 18.2 Å². The number of benzene rings is 1. The third-order valence-corrected chi connectivity index (χ3v) is 2.98. The van der Waals surface area contributed by atoms with E-state index in [4.69, 9.17) is 0 Å². The lowest BCUT2D eigenvalue weighted by molar-refractivity contribution is -0.388. The third-order valence-electron chi connectivity index (χ3n) is 2.98. The molecule has 1 atom stereocenters. The molecule has 1 N–H and O–H groups in total. The first-order valence-corrected chi connectivity index (χ1v) is 5.89. The van der Waals surface area contributed by atoms with E-state index in [1.165, 1.54) is 6.07 Å². The lowest BCUT2D eigenvalue weighted by atomic mass is 10.1. The van der Waals surface area contributed by atoms with Crippen molar-refractivity contribution in [2.24, 2.45) is 0 Å². The summed E-state index contributed by atoms with van der Waals surface area (Å²) in [6, 6.07) is 3.02. The Hall–Kier alpha value is -1.83. The average molecular weight is 291 g/mol. The number of hydrogen-bond donors (Lipinski definition) is 1. The molecule has 1 aromatic carbocycles. The van der Waals surface area contributed by atoms with Gasteiger partial charge in [0.05, 0.1) is 4.92 Å². The van der Waals surface area contributed by atoms with Crippen LogP contribution in [0.1, 0.15) is 12.5 Å². The molecule has 0 radical (unpaired) electrons. The molecular weight excluding hydrogens is 275 g/mol. The number of nitro groups is 1. The van der Waals surface area contributed by atoms with E-state index < -0.39 is 22.4 Å². The van der Waals surface area contributed by atoms with Crippen molar-refractivity contribution in [2.75, 3.05) is 26.0 Å². The zero-order chi connectivity index (χ0) is 15.5. The zero-order valence-corrected chi connectivity index (χ0v) is 11.4. The number of hydrogen-bond acceptors (Lipinski definition) is 4. The second kappa shape index (κ2) is 6.08. The Morgan fingerprint density at radius 1 is 1.40 bits per heavy atom. The number of anilines is 1. The second-order valence-corrected chi connectivity index (χ2v) is 4.68. The van der Waals surface area contributed by atoms with Crippen LogP contribution >= 0.6 is 0 Å². The summed E-state index contributed by atoms with van der Waals surface area (Å²) in [5, 5.41) is 13.5. The van der Waals surface area contributed by atoms with Gasteiger partial charge >= 0.3 is 6.18 Å². The van der Waals surface area contributed by atoms with Crippen LogP contribution in [0, 0.1) is 10.1 Å². The van der Waals surface area contributed by atoms with Crippen LogP contribution in [-0.4, -0.2) is 36.5 Å². The molecule has 0 heterocycles. The maximum atomic E-state index is 12.8. The van der Waals surface area contributed by atoms with Gasteiger partial charge in [0.1, 0.15) is 5.56 Å². The molecule has 0 bridgehead atoms. The molecule has 1 rings (SSSR count). The number of likely N-dealkylation sites (N-methyl/N-ethyl adjacent to an activating group) is 1. The van der Waals surface area contributed by atoms with Crippen molar-refractivity contribution >= 4 is 11.4 Å². The fourth-order valence-electron chi connectivity index (χ4n) is 1.48. The smallest absolute Gasteiger partial charge is 0.383 e. The zero-order valence-electron chi connectivity index (χ0n) is 11.4. The van der Waals surface area contributed by atoms with Crippen LogP contribution in [0.25, 0.3) is 0 Å². The van der Waals surface area contributed by atoms with Gasteiger partial charge in [-0.3, -0.25) is 10.1 Å². The Morgan fingerprint density at radius 2 is 2.00 bits per heavy atom. The Labute approximate surface area is 114 Å². The summed E-state index contributed by atoms with van der Waals surface area (Å²) >= 11 is 0. The second-order valence-electron chi connectivity index (χ2n) is 4.68. The Balaban J connectivity index is 2.99. The van der Waals surface area contributed by atoms with Crippen LogP contribution in [0.3, 0.4) is 0 Å². The van der Waals surface area contributed by atoms with Crippen LogP contribution in [0.4, 0.5) is 24.5 Å². The summed E-state index contributed by atoms with van der Waals surface area (Å²) in [6.07, 6.45) is -4.76. The minimum absolute atomic E-state index is 0.111. The van der Waals surface area contributed by atoms with E-state index in [1.807, 2.05) is 25.9 Å². The molecule has 0 aliphatic rings. The number of halogens is 3. The summed E-state index contributed by atoms with van der Waals surface area (Å²) in [5.41, 5.74) is -1.98. The SMILES string of the molecule is CC(CNc1ccc([N+](=O)[O-])c(C(F)(F)F)c1)N(C)C. The standard InChI is InChI=1S/C12H16F3N3O2/c1-8(17(2)3)7-16-9-4-5-11(18(19)20)10(6-9)12(13,14)15/h4-6,8,16H,7H2,1-3H3. The van der Waals surface area contributed by atoms with Crippen LogP contribution in [0.5, 0.6) is 0 Å². The van der Waals surface area contributed by atoms with Crippen molar-refractivity contribution in [1.82, 2.24) is 4.90 Å². The molecule has 0 aromatic heterocycles. The van der Waals surface area contributed by atoms with Gasteiger partial charge in [0.2, 0.25) is 0 Å². The fraction of sp³-hybridized carbons (Fsp3) is 0.500. The first-order valence-electron chi connectivity index (χ1n) is 5.89. The predicted octanol–water partition coefficient (Wildman–Crippen LogP) is 2.98. The highest BCUT2D eigenvalue weighted by molar-refractivity contribution is 5.55. The molecule has 1 aromatic rings. The molecule has 0 aliphatic heterocycles. The van der Waals surface area contributed by atoms with E-state index in [-0.39, 0.29) is 11.7 Å². The summed E-state index contributed by atoms with van der Waals surface area (Å²) in [7, 11) is 3.70. The highest BCUT2D eigenvalue weighted by atomic mass is 19.4. The van der Waals surface area contributed by atoms with Crippen molar-refractivity contribution in [2.45, 2.75) is 19.1 Å². The van der Waals surface area contributed by atoms with Gasteiger partial charge in [-0.2, -0.15) is 13.2 Å². The van der Waals surface area contributed by atoms with Crippen LogP contribution in [0.2, 0.25) is 0 Å². The largest absolute Gasteiger partial charge is 0.423 e. The van der Waals surface area contributed by atoms with E-state index in [0.717, 1.165) is 12.1 Å². The van der Waals surface area contributed by atoms with E-state index >= 15 is 0 Å². The summed E-state index contributed by atoms with van der Waals surface area (Å²) in [5.74, 6) is 0. The van der Waals surface area contributed by atoms with Crippen LogP contribution < -0.4 is 5.32 Å². The predicted molar refractivity (Wildman–Crippen MR) is 69.7 cm³/mol. The Morgan fingerprint density at radius 3 is 2.45 bits per heavy atom. The number of alkyl halides is 3. The van der Waals surface area contributed by atoms with E-state index in [2.05, 4.69) is 5.32 Å². The normalized spacial score (nSPS) is 13.3. The fourth-order valence-corrected chi connectivity index (χ4v) is 1.48. The van der Waals surface area contributed by atoms with Crippen molar-refractivity contribution < 1.29 is 18.1 Å². The molecule has 1 unspecified atom stereocenters. The van der Waals surface area contributed by atoms with Gasteiger partial charge in [-0.25, -0.2) is 0 Å². The molecule has 0 aliphatic carbocycles. The topological polar surface area (TPSA) is 58.4 Å². The van der Waals surface area contributed by atoms with Gasteiger partial charge in [-0.05, 0) is 33.2 Å². The summed E-state index contributed by atoms with van der Waals surface area (Å²) in [4.78, 5) is 11.5. The number of nitrogens with zero attached hydrogens (tertiary/aromatic N) is 2. The van der Waals surface area contributed by atoms with Gasteiger partial charge in [0.15, 0.2) is 0 Å². The minimum atomic E-state index is -4.76. The van der Waals surface area contributed by atoms with Crippen molar-refractivity contribution in [1.29, 1.82) is 0 Å². The van der Waals surface area contributed by atoms with E-state index in [9.17, 15) is 23.3 Å². The molecule has 0 fully saturated rings. The van der Waals surface area contributed by atoms with Gasteiger partial charge < -0.3 is 10.2 Å². The van der Waals surface area contributed by atoms with Crippen LogP contribution in [-0.2, 0) is 6.18 Å². The number of nitrogens with one attached hydrogen (secondary N) is 1. The van der Waals surface area contributed by atoms with E-state index in [0.29, 0.717) is 6.54 Å². The van der Waals surface area contributed by atoms with Gasteiger partial charge in [-0.15, -0.1) is 0 Å². The van der Waals surface area contributed by atoms with Crippen molar-refractivity contribution in [3.8, 4) is 0 Å². The minimum Gasteiger partial charge on any atom is -0.383 e. The number of rotatable bonds is 5. The molecule has 20 heavy (non-hydrogen) atoms. The van der Waals surface area contributed by atoms with Crippen molar-refractivity contribution in [3.05, 3.63) is 33.9 Å². The maximum absolute atomic E-state index is 12.8. The van der Waals surface area contributed by atoms with Gasteiger partial charge in [-0.1, -0.05) is 0 Å². The monoisotopic (exact) mass is 291 g/mol. The Bertz CT molecular complexity index is 489. The first kappa shape index (κ1) is 16.2. The lowest BCUT2D eigenvalue weighted by Gasteiger charge is -2.21. The lowest BCUT2D eigenvalue weighted by Crippen LogP contribution is -2.31. The number of nitro benzene ring substituents is 1. The highest BCUT2D eigenvalue weighted by Gasteiger charge is 2.38. The highest BCUT2D eigenvalue weighted by Crippen LogP contribution is 2.37. The molecular formula is C12H16F3N3O2. The summed E-state index contributed by atoms with van der Waals surface area (Å²) in [6.45, 7) is 2.34. The molecule has 5 nitrogen and oxygen atoms in total. The van der Waals surface area contributed by atoms with E-state index in [1.54, 1.807) is 0 Å². The first-order chi connectivity index (χ1) is 9.12. The Kier molecular flexibility index (Phi) is 4.93. The van der Waals surface area contributed by atoms with Gasteiger partial charge in [0.25, 0.3) is 5.69 Å². The van der Waals surface area contributed by atoms with Gasteiger partial charge in [0, 0.05) is 24.3 Å². The molecule has 0 amide bonds. The molecule has 0 spiro atoms. The maximum Gasteiger partial charge on any atom is 0.423 e. The quantitative estimate of drug-likeness (QED) is 0.669. The molecule has 8 heteroatoms. The molecule has 112 valence electrons. The summed E-state index contributed by atoms with van der Waals surface area (Å²) < 4.78 is 38.3.